The molecule has 3 aromatic heterocycles. The maximum Gasteiger partial charge on any atom is 0.248 e. The number of primary amides is 1. The average molecular weight is 453 g/mol. The summed E-state index contributed by atoms with van der Waals surface area (Å²) in [6, 6.07) is 10.9. The normalized spacial score (nSPS) is 14.7. The average Bonchev–Trinajstić information content (AvgIpc) is 3.45. The van der Waals surface area contributed by atoms with Crippen LogP contribution in [-0.4, -0.2) is 47.1 Å². The lowest BCUT2D eigenvalue weighted by Crippen LogP contribution is -2.36. The summed E-state index contributed by atoms with van der Waals surface area (Å²) in [6.45, 7) is 3.80. The van der Waals surface area contributed by atoms with Gasteiger partial charge in [-0.2, -0.15) is 4.98 Å². The lowest BCUT2D eigenvalue weighted by molar-refractivity contribution is 0.0330. The molecule has 9 heteroatoms. The first-order chi connectivity index (χ1) is 15.2. The molecule has 4 aromatic rings. The number of thiophene rings is 2. The van der Waals surface area contributed by atoms with Crippen LogP contribution in [0.15, 0.2) is 47.2 Å². The van der Waals surface area contributed by atoms with Gasteiger partial charge in [-0.3, -0.25) is 9.69 Å². The number of ether oxygens (including phenoxy) is 2. The summed E-state index contributed by atoms with van der Waals surface area (Å²) in [5.74, 6) is 1.36. The lowest BCUT2D eigenvalue weighted by Gasteiger charge is -2.25. The van der Waals surface area contributed by atoms with Crippen LogP contribution in [0.1, 0.15) is 16.2 Å². The number of hydrogen-bond donors (Lipinski definition) is 1. The molecule has 2 N–H and O–H groups in total. The van der Waals surface area contributed by atoms with Gasteiger partial charge in [-0.05, 0) is 35.7 Å². The van der Waals surface area contributed by atoms with Crippen LogP contribution in [0.3, 0.4) is 0 Å². The minimum Gasteiger partial charge on any atom is -0.438 e. The van der Waals surface area contributed by atoms with Crippen molar-refractivity contribution in [2.75, 3.05) is 26.3 Å². The highest BCUT2D eigenvalue weighted by atomic mass is 32.1. The number of nitrogens with zero attached hydrogens (tertiary/aromatic N) is 3. The molecule has 0 spiro atoms. The Morgan fingerprint density at radius 3 is 2.65 bits per heavy atom. The van der Waals surface area contributed by atoms with E-state index in [1.54, 1.807) is 46.9 Å². The van der Waals surface area contributed by atoms with Crippen LogP contribution in [0.2, 0.25) is 0 Å². The van der Waals surface area contributed by atoms with E-state index in [-0.39, 0.29) is 0 Å². The summed E-state index contributed by atoms with van der Waals surface area (Å²) in [5, 5.41) is 5.06. The van der Waals surface area contributed by atoms with Crippen molar-refractivity contribution in [1.82, 2.24) is 14.9 Å². The number of nitrogens with two attached hydrogens (primary N) is 1. The van der Waals surface area contributed by atoms with Gasteiger partial charge < -0.3 is 15.2 Å². The molecule has 1 aliphatic rings. The fraction of sp³-hybridized carbons (Fsp3) is 0.227. The number of rotatable bonds is 6. The van der Waals surface area contributed by atoms with Crippen molar-refractivity contribution in [2.24, 2.45) is 5.73 Å². The molecule has 1 aliphatic heterocycles. The molecular formula is C22H20N4O3S2. The van der Waals surface area contributed by atoms with Gasteiger partial charge in [0, 0.05) is 34.5 Å². The summed E-state index contributed by atoms with van der Waals surface area (Å²) >= 11 is 3.26. The second kappa shape index (κ2) is 8.72. The Kier molecular flexibility index (Phi) is 5.65. The highest BCUT2D eigenvalue weighted by Gasteiger charge is 2.20. The largest absolute Gasteiger partial charge is 0.438 e. The summed E-state index contributed by atoms with van der Waals surface area (Å²) in [4.78, 5) is 25.3. The third-order valence-corrected chi connectivity index (χ3v) is 6.83. The van der Waals surface area contributed by atoms with Gasteiger partial charge in [-0.1, -0.05) is 6.07 Å². The molecule has 31 heavy (non-hydrogen) atoms. The fourth-order valence-corrected chi connectivity index (χ4v) is 5.24. The summed E-state index contributed by atoms with van der Waals surface area (Å²) < 4.78 is 11.7. The zero-order valence-corrected chi connectivity index (χ0v) is 18.2. The quantitative estimate of drug-likeness (QED) is 0.473. The zero-order valence-electron chi connectivity index (χ0n) is 16.6. The maximum atomic E-state index is 11.4. The number of hydrogen-bond acceptors (Lipinski definition) is 8. The molecule has 1 aromatic carbocycles. The molecule has 0 radical (unpaired) electrons. The number of morpholine rings is 1. The van der Waals surface area contributed by atoms with E-state index in [1.165, 1.54) is 0 Å². The predicted octanol–water partition coefficient (Wildman–Crippen LogP) is 4.14. The molecule has 0 unspecified atom stereocenters. The van der Waals surface area contributed by atoms with Gasteiger partial charge in [-0.15, -0.1) is 22.7 Å². The van der Waals surface area contributed by atoms with E-state index in [2.05, 4.69) is 21.7 Å². The van der Waals surface area contributed by atoms with Crippen LogP contribution >= 0.6 is 22.7 Å². The predicted molar refractivity (Wildman–Crippen MR) is 122 cm³/mol. The van der Waals surface area contributed by atoms with E-state index in [9.17, 15) is 4.79 Å². The molecule has 0 saturated carbocycles. The number of fused-ring (bicyclic) bond motifs is 1. The number of carbonyl (C=O) groups excluding carboxylic acids is 1. The van der Waals surface area contributed by atoms with Crippen LogP contribution < -0.4 is 10.5 Å². The molecule has 0 aliphatic carbocycles. The minimum atomic E-state index is -0.471. The molecule has 1 fully saturated rings. The van der Waals surface area contributed by atoms with Gasteiger partial charge in [0.05, 0.1) is 25.1 Å². The van der Waals surface area contributed by atoms with Gasteiger partial charge >= 0.3 is 0 Å². The van der Waals surface area contributed by atoms with Gasteiger partial charge in [0.1, 0.15) is 16.4 Å². The second-order valence-corrected chi connectivity index (χ2v) is 8.94. The van der Waals surface area contributed by atoms with Crippen LogP contribution in [0.25, 0.3) is 20.7 Å². The Balaban J connectivity index is 1.54. The van der Waals surface area contributed by atoms with Crippen molar-refractivity contribution in [3.63, 3.8) is 0 Å². The second-order valence-electron chi connectivity index (χ2n) is 7.13. The maximum absolute atomic E-state index is 11.4. The minimum absolute atomic E-state index is 0.433. The van der Waals surface area contributed by atoms with E-state index >= 15 is 0 Å². The van der Waals surface area contributed by atoms with Crippen molar-refractivity contribution in [2.45, 2.75) is 6.54 Å². The zero-order chi connectivity index (χ0) is 21.2. The molecule has 0 bridgehead atoms. The van der Waals surface area contributed by atoms with Crippen molar-refractivity contribution in [3.05, 3.63) is 58.5 Å². The Morgan fingerprint density at radius 2 is 1.94 bits per heavy atom. The molecule has 1 amide bonds. The molecule has 4 heterocycles. The highest BCUT2D eigenvalue weighted by molar-refractivity contribution is 7.18. The van der Waals surface area contributed by atoms with E-state index in [0.717, 1.165) is 52.8 Å². The molecule has 7 nitrogen and oxygen atoms in total. The topological polar surface area (TPSA) is 90.6 Å². The van der Waals surface area contributed by atoms with Crippen molar-refractivity contribution >= 4 is 38.8 Å². The SMILES string of the molecule is NC(=O)c1ccc(Oc2nc(CN3CCOCC3)nc3scc(-c4cccs4)c23)cc1. The molecule has 158 valence electrons. The summed E-state index contributed by atoms with van der Waals surface area (Å²) in [7, 11) is 0. The number of aromatic nitrogens is 2. The van der Waals surface area contributed by atoms with Crippen molar-refractivity contribution in [1.29, 1.82) is 0 Å². The fourth-order valence-electron chi connectivity index (χ4n) is 3.47. The lowest BCUT2D eigenvalue weighted by atomic mass is 10.2. The first-order valence-electron chi connectivity index (χ1n) is 9.87. The van der Waals surface area contributed by atoms with Crippen LogP contribution in [0.5, 0.6) is 11.6 Å². The van der Waals surface area contributed by atoms with Gasteiger partial charge in [0.15, 0.2) is 0 Å². The smallest absolute Gasteiger partial charge is 0.248 e. The Morgan fingerprint density at radius 1 is 1.13 bits per heavy atom. The van der Waals surface area contributed by atoms with Crippen LogP contribution in [-0.2, 0) is 11.3 Å². The molecule has 0 atom stereocenters. The van der Waals surface area contributed by atoms with E-state index < -0.39 is 5.91 Å². The first-order valence-corrected chi connectivity index (χ1v) is 11.6. The Labute approximate surface area is 187 Å². The van der Waals surface area contributed by atoms with Crippen LogP contribution in [0.4, 0.5) is 0 Å². The van der Waals surface area contributed by atoms with Crippen LogP contribution in [0, 0.1) is 0 Å². The molecular weight excluding hydrogens is 432 g/mol. The number of benzene rings is 1. The van der Waals surface area contributed by atoms with Gasteiger partial charge in [0.2, 0.25) is 11.8 Å². The summed E-state index contributed by atoms with van der Waals surface area (Å²) in [5.41, 5.74) is 6.85. The van der Waals surface area contributed by atoms with Gasteiger partial charge in [0.25, 0.3) is 0 Å². The number of carbonyl (C=O) groups is 1. The number of amides is 1. The monoisotopic (exact) mass is 452 g/mol. The third-order valence-electron chi connectivity index (χ3n) is 5.06. The highest BCUT2D eigenvalue weighted by Crippen LogP contribution is 2.41. The molecule has 1 saturated heterocycles. The Hall–Kier alpha value is -2.85. The van der Waals surface area contributed by atoms with E-state index in [4.69, 9.17) is 25.2 Å². The van der Waals surface area contributed by atoms with E-state index in [1.807, 2.05) is 6.07 Å². The van der Waals surface area contributed by atoms with E-state index in [0.29, 0.717) is 23.7 Å². The molecule has 5 rings (SSSR count). The van der Waals surface area contributed by atoms with Crippen molar-refractivity contribution < 1.29 is 14.3 Å². The van der Waals surface area contributed by atoms with Crippen molar-refractivity contribution in [3.8, 4) is 22.1 Å². The first kappa shape index (κ1) is 20.1. The summed E-state index contributed by atoms with van der Waals surface area (Å²) in [6.07, 6.45) is 0. The van der Waals surface area contributed by atoms with Gasteiger partial charge in [-0.25, -0.2) is 4.98 Å². The Bertz CT molecular complexity index is 1200. The third kappa shape index (κ3) is 4.31. The standard InChI is InChI=1S/C22H20N4O3S2/c23-20(27)14-3-5-15(6-4-14)29-21-19-16(17-2-1-11-30-17)13-31-22(19)25-18(24-21)12-26-7-9-28-10-8-26/h1-6,11,13H,7-10,12H2,(H2,23,27).